The molecule has 0 bridgehead atoms. The molecule has 3 aromatic rings. The van der Waals surface area contributed by atoms with Crippen LogP contribution in [0.5, 0.6) is 5.75 Å². The van der Waals surface area contributed by atoms with Gasteiger partial charge >= 0.3 is 0 Å². The molecule has 0 atom stereocenters. The highest BCUT2D eigenvalue weighted by Gasteiger charge is 2.24. The molecular weight excluding hydrogens is 370 g/mol. The first kappa shape index (κ1) is 18.8. The fraction of sp³-hybridized carbons (Fsp3) is 0.286. The van der Waals surface area contributed by atoms with Crippen LogP contribution in [0.25, 0.3) is 0 Å². The Kier molecular flexibility index (Phi) is 5.60. The summed E-state index contributed by atoms with van der Waals surface area (Å²) in [6.07, 6.45) is 3.26. The summed E-state index contributed by atoms with van der Waals surface area (Å²) < 4.78 is 10.6. The van der Waals surface area contributed by atoms with Crippen LogP contribution in [0, 0.1) is 0 Å². The largest absolute Gasteiger partial charge is 0.496 e. The Hall–Kier alpha value is -3.55. The lowest BCUT2D eigenvalue weighted by atomic mass is 10.2. The molecule has 8 nitrogen and oxygen atoms in total. The minimum atomic E-state index is -0.0727. The maximum absolute atomic E-state index is 12.4. The van der Waals surface area contributed by atoms with E-state index in [1.54, 1.807) is 30.3 Å². The lowest BCUT2D eigenvalue weighted by molar-refractivity contribution is 0.0714. The maximum atomic E-state index is 12.4. The van der Waals surface area contributed by atoms with Crippen molar-refractivity contribution in [1.29, 1.82) is 0 Å². The van der Waals surface area contributed by atoms with Gasteiger partial charge in [-0.2, -0.15) is 4.98 Å². The van der Waals surface area contributed by atoms with Gasteiger partial charge in [-0.15, -0.1) is 0 Å². The fourth-order valence-electron chi connectivity index (χ4n) is 3.33. The highest BCUT2D eigenvalue weighted by molar-refractivity contribution is 5.91. The monoisotopic (exact) mass is 393 g/mol. The van der Waals surface area contributed by atoms with Crippen LogP contribution in [-0.2, 0) is 6.54 Å². The third-order valence-corrected chi connectivity index (χ3v) is 4.89. The van der Waals surface area contributed by atoms with Gasteiger partial charge in [0.2, 0.25) is 5.95 Å². The summed E-state index contributed by atoms with van der Waals surface area (Å²) in [7, 11) is 1.66. The molecule has 1 aliphatic rings. The Morgan fingerprint density at radius 1 is 1.14 bits per heavy atom. The van der Waals surface area contributed by atoms with Crippen LogP contribution in [0.2, 0.25) is 0 Å². The predicted molar refractivity (Wildman–Crippen MR) is 109 cm³/mol. The number of aromatic nitrogens is 2. The molecule has 1 aromatic carbocycles. The molecule has 3 heterocycles. The van der Waals surface area contributed by atoms with Gasteiger partial charge in [0.05, 0.1) is 13.4 Å². The van der Waals surface area contributed by atoms with Crippen LogP contribution < -0.4 is 15.0 Å². The highest BCUT2D eigenvalue weighted by Crippen LogP contribution is 2.20. The number of benzene rings is 1. The quantitative estimate of drug-likeness (QED) is 0.689. The van der Waals surface area contributed by atoms with Gasteiger partial charge in [-0.05, 0) is 24.3 Å². The van der Waals surface area contributed by atoms with Gasteiger partial charge in [-0.3, -0.25) is 4.79 Å². The molecule has 1 N–H and O–H groups in total. The number of para-hydroxylation sites is 1. The van der Waals surface area contributed by atoms with Crippen molar-refractivity contribution in [3.05, 3.63) is 66.2 Å². The van der Waals surface area contributed by atoms with Crippen molar-refractivity contribution in [2.75, 3.05) is 43.5 Å². The van der Waals surface area contributed by atoms with Gasteiger partial charge in [0.25, 0.3) is 5.91 Å². The van der Waals surface area contributed by atoms with E-state index in [0.717, 1.165) is 17.1 Å². The molecular formula is C21H23N5O3. The summed E-state index contributed by atoms with van der Waals surface area (Å²) in [5.74, 6) is 2.53. The van der Waals surface area contributed by atoms with Crippen molar-refractivity contribution in [3.8, 4) is 5.75 Å². The van der Waals surface area contributed by atoms with E-state index in [1.165, 1.54) is 6.26 Å². The van der Waals surface area contributed by atoms with Crippen molar-refractivity contribution in [1.82, 2.24) is 14.9 Å². The first-order chi connectivity index (χ1) is 14.2. The van der Waals surface area contributed by atoms with Crippen LogP contribution >= 0.6 is 0 Å². The lowest BCUT2D eigenvalue weighted by Crippen LogP contribution is -2.49. The summed E-state index contributed by atoms with van der Waals surface area (Å²) in [6.45, 7) is 3.21. The molecule has 4 rings (SSSR count). The van der Waals surface area contributed by atoms with Crippen molar-refractivity contribution in [3.63, 3.8) is 0 Å². The second-order valence-corrected chi connectivity index (χ2v) is 6.66. The molecule has 1 aliphatic heterocycles. The molecule has 0 aliphatic carbocycles. The number of hydrogen-bond acceptors (Lipinski definition) is 7. The number of hydrogen-bond donors (Lipinski definition) is 1. The number of anilines is 2. The van der Waals surface area contributed by atoms with Crippen molar-refractivity contribution in [2.24, 2.45) is 0 Å². The summed E-state index contributed by atoms with van der Waals surface area (Å²) >= 11 is 0. The van der Waals surface area contributed by atoms with E-state index >= 15 is 0 Å². The number of ether oxygens (including phenoxy) is 1. The topological polar surface area (TPSA) is 83.7 Å². The minimum Gasteiger partial charge on any atom is -0.496 e. The predicted octanol–water partition coefficient (Wildman–Crippen LogP) is 2.65. The Morgan fingerprint density at radius 3 is 2.72 bits per heavy atom. The smallest absolute Gasteiger partial charge is 0.289 e. The first-order valence-corrected chi connectivity index (χ1v) is 9.51. The van der Waals surface area contributed by atoms with E-state index in [0.29, 0.717) is 44.4 Å². The van der Waals surface area contributed by atoms with Gasteiger partial charge in [-0.1, -0.05) is 18.2 Å². The molecule has 8 heteroatoms. The van der Waals surface area contributed by atoms with E-state index in [1.807, 2.05) is 30.3 Å². The zero-order chi connectivity index (χ0) is 20.1. The number of furan rings is 1. The van der Waals surface area contributed by atoms with E-state index in [2.05, 4.69) is 20.2 Å². The number of nitrogens with zero attached hydrogens (tertiary/aromatic N) is 4. The van der Waals surface area contributed by atoms with Gasteiger partial charge in [-0.25, -0.2) is 4.98 Å². The minimum absolute atomic E-state index is 0.0727. The number of carbonyl (C=O) groups is 1. The number of carbonyl (C=O) groups excluding carboxylic acids is 1. The third-order valence-electron chi connectivity index (χ3n) is 4.89. The van der Waals surface area contributed by atoms with Crippen LogP contribution in [0.3, 0.4) is 0 Å². The van der Waals surface area contributed by atoms with E-state index < -0.39 is 0 Å². The van der Waals surface area contributed by atoms with Gasteiger partial charge in [0.1, 0.15) is 11.6 Å². The van der Waals surface area contributed by atoms with Crippen molar-refractivity contribution < 1.29 is 13.9 Å². The number of piperazine rings is 1. The van der Waals surface area contributed by atoms with Gasteiger partial charge in [0.15, 0.2) is 5.76 Å². The van der Waals surface area contributed by atoms with Crippen LogP contribution in [-0.4, -0.2) is 54.1 Å². The van der Waals surface area contributed by atoms with Crippen molar-refractivity contribution >= 4 is 17.7 Å². The molecule has 0 saturated carbocycles. The van der Waals surface area contributed by atoms with Gasteiger partial charge < -0.3 is 24.3 Å². The third kappa shape index (κ3) is 4.31. The maximum Gasteiger partial charge on any atom is 0.289 e. The fourth-order valence-corrected chi connectivity index (χ4v) is 3.33. The summed E-state index contributed by atoms with van der Waals surface area (Å²) in [5.41, 5.74) is 1.04. The standard InChI is InChI=1S/C21H23N5O3/c1-28-17-6-3-2-5-16(17)15-23-21-22-9-8-19(24-21)25-10-12-26(13-11-25)20(27)18-7-4-14-29-18/h2-9,14H,10-13,15H2,1H3,(H,22,23,24). The van der Waals surface area contributed by atoms with Gasteiger partial charge in [0, 0.05) is 44.5 Å². The molecule has 0 spiro atoms. The molecule has 0 unspecified atom stereocenters. The first-order valence-electron chi connectivity index (χ1n) is 9.51. The molecule has 1 saturated heterocycles. The lowest BCUT2D eigenvalue weighted by Gasteiger charge is -2.35. The number of amides is 1. The Labute approximate surface area is 169 Å². The SMILES string of the molecule is COc1ccccc1CNc1nccc(N2CCN(C(=O)c3ccco3)CC2)n1. The second kappa shape index (κ2) is 8.64. The highest BCUT2D eigenvalue weighted by atomic mass is 16.5. The average Bonchev–Trinajstić information content (AvgIpc) is 3.33. The molecule has 0 radical (unpaired) electrons. The molecule has 150 valence electrons. The Morgan fingerprint density at radius 2 is 1.97 bits per heavy atom. The molecule has 1 amide bonds. The zero-order valence-corrected chi connectivity index (χ0v) is 16.2. The van der Waals surface area contributed by atoms with E-state index in [-0.39, 0.29) is 5.91 Å². The summed E-state index contributed by atoms with van der Waals surface area (Å²) in [5, 5.41) is 3.25. The van der Waals surface area contributed by atoms with Crippen LogP contribution in [0.15, 0.2) is 59.3 Å². The van der Waals surface area contributed by atoms with E-state index in [9.17, 15) is 4.79 Å². The summed E-state index contributed by atoms with van der Waals surface area (Å²) in [6, 6.07) is 13.2. The molecule has 29 heavy (non-hydrogen) atoms. The summed E-state index contributed by atoms with van der Waals surface area (Å²) in [4.78, 5) is 25.3. The second-order valence-electron chi connectivity index (χ2n) is 6.66. The number of nitrogens with one attached hydrogen (secondary N) is 1. The molecule has 1 fully saturated rings. The van der Waals surface area contributed by atoms with E-state index in [4.69, 9.17) is 9.15 Å². The van der Waals surface area contributed by atoms with Crippen LogP contribution in [0.4, 0.5) is 11.8 Å². The Balaban J connectivity index is 1.36. The average molecular weight is 393 g/mol. The zero-order valence-electron chi connectivity index (χ0n) is 16.2. The molecule has 2 aromatic heterocycles. The number of methoxy groups -OCH3 is 1. The van der Waals surface area contributed by atoms with Crippen LogP contribution in [0.1, 0.15) is 16.1 Å². The normalized spacial score (nSPS) is 14.0. The number of rotatable bonds is 6. The van der Waals surface area contributed by atoms with Crippen molar-refractivity contribution in [2.45, 2.75) is 6.54 Å². The Bertz CT molecular complexity index is 952.